The highest BCUT2D eigenvalue weighted by molar-refractivity contribution is 5.41. The molecule has 0 aromatic heterocycles. The molecule has 2 aliphatic carbocycles. The average Bonchev–Trinajstić information content (AvgIpc) is 2.34. The van der Waals surface area contributed by atoms with Gasteiger partial charge in [-0.15, -0.1) is 0 Å². The third-order valence-electron chi connectivity index (χ3n) is 2.42. The van der Waals surface area contributed by atoms with Crippen molar-refractivity contribution in [3.05, 3.63) is 23.3 Å². The van der Waals surface area contributed by atoms with Gasteiger partial charge in [-0.05, 0) is 36.8 Å². The van der Waals surface area contributed by atoms with Crippen molar-refractivity contribution >= 4 is 0 Å². The van der Waals surface area contributed by atoms with Crippen LogP contribution in [0.4, 0.5) is 0 Å². The van der Waals surface area contributed by atoms with Gasteiger partial charge in [0.15, 0.2) is 0 Å². The first kappa shape index (κ1) is 6.17. The average molecular weight is 135 g/mol. The van der Waals surface area contributed by atoms with Crippen molar-refractivity contribution in [2.45, 2.75) is 31.7 Å². The lowest BCUT2D eigenvalue weighted by molar-refractivity contribution is 0.776. The molecule has 0 bridgehead atoms. The SMILES string of the molecule is NC1CCC2=CCCC=C21. The van der Waals surface area contributed by atoms with Gasteiger partial charge >= 0.3 is 0 Å². The Kier molecular flexibility index (Phi) is 1.38. The van der Waals surface area contributed by atoms with E-state index in [-0.39, 0.29) is 0 Å². The fraction of sp³-hybridized carbons (Fsp3) is 0.556. The quantitative estimate of drug-likeness (QED) is 0.538. The van der Waals surface area contributed by atoms with Gasteiger partial charge in [0, 0.05) is 6.04 Å². The largest absolute Gasteiger partial charge is 0.324 e. The summed E-state index contributed by atoms with van der Waals surface area (Å²) in [6.07, 6.45) is 9.47. The Labute approximate surface area is 61.6 Å². The van der Waals surface area contributed by atoms with Crippen LogP contribution in [-0.2, 0) is 0 Å². The van der Waals surface area contributed by atoms with Crippen LogP contribution >= 0.6 is 0 Å². The van der Waals surface area contributed by atoms with Crippen LogP contribution in [0, 0.1) is 0 Å². The van der Waals surface area contributed by atoms with E-state index in [1.165, 1.54) is 30.4 Å². The van der Waals surface area contributed by atoms with Gasteiger partial charge in [-0.1, -0.05) is 12.2 Å². The minimum absolute atomic E-state index is 0.353. The van der Waals surface area contributed by atoms with Crippen LogP contribution in [-0.4, -0.2) is 6.04 Å². The maximum Gasteiger partial charge on any atom is 0.0297 e. The molecule has 2 aliphatic rings. The van der Waals surface area contributed by atoms with Gasteiger partial charge in [-0.3, -0.25) is 0 Å². The molecule has 1 atom stereocenters. The van der Waals surface area contributed by atoms with Crippen LogP contribution in [0.5, 0.6) is 0 Å². The van der Waals surface area contributed by atoms with E-state index < -0.39 is 0 Å². The smallest absolute Gasteiger partial charge is 0.0297 e. The Morgan fingerprint density at radius 1 is 1.30 bits per heavy atom. The minimum atomic E-state index is 0.353. The van der Waals surface area contributed by atoms with Gasteiger partial charge in [0.05, 0.1) is 0 Å². The van der Waals surface area contributed by atoms with Crippen molar-refractivity contribution in [2.24, 2.45) is 5.73 Å². The Hall–Kier alpha value is -0.560. The van der Waals surface area contributed by atoms with Gasteiger partial charge in [0.25, 0.3) is 0 Å². The fourth-order valence-corrected chi connectivity index (χ4v) is 1.85. The first-order valence-corrected chi connectivity index (χ1v) is 4.03. The molecule has 10 heavy (non-hydrogen) atoms. The second-order valence-electron chi connectivity index (χ2n) is 3.11. The predicted molar refractivity (Wildman–Crippen MR) is 42.6 cm³/mol. The lowest BCUT2D eigenvalue weighted by Crippen LogP contribution is -2.17. The molecule has 1 heteroatoms. The molecule has 0 aromatic carbocycles. The molecule has 0 amide bonds. The summed E-state index contributed by atoms with van der Waals surface area (Å²) in [5.74, 6) is 0. The molecular weight excluding hydrogens is 122 g/mol. The van der Waals surface area contributed by atoms with Crippen LogP contribution in [0.25, 0.3) is 0 Å². The summed E-state index contributed by atoms with van der Waals surface area (Å²) in [7, 11) is 0. The molecule has 0 aliphatic heterocycles. The summed E-state index contributed by atoms with van der Waals surface area (Å²) >= 11 is 0. The van der Waals surface area contributed by atoms with Crippen LogP contribution in [0.2, 0.25) is 0 Å². The highest BCUT2D eigenvalue weighted by Crippen LogP contribution is 2.32. The topological polar surface area (TPSA) is 26.0 Å². The van der Waals surface area contributed by atoms with E-state index in [2.05, 4.69) is 12.2 Å². The van der Waals surface area contributed by atoms with Gasteiger partial charge in [-0.25, -0.2) is 0 Å². The summed E-state index contributed by atoms with van der Waals surface area (Å²) in [5.41, 5.74) is 8.84. The van der Waals surface area contributed by atoms with Crippen LogP contribution < -0.4 is 5.73 Å². The zero-order valence-corrected chi connectivity index (χ0v) is 6.14. The molecule has 1 fully saturated rings. The number of rotatable bonds is 0. The number of hydrogen-bond donors (Lipinski definition) is 1. The molecule has 0 radical (unpaired) electrons. The second-order valence-corrected chi connectivity index (χ2v) is 3.11. The monoisotopic (exact) mass is 135 g/mol. The van der Waals surface area contributed by atoms with Crippen molar-refractivity contribution < 1.29 is 0 Å². The molecule has 0 saturated heterocycles. The summed E-state index contributed by atoms with van der Waals surface area (Å²) < 4.78 is 0. The molecule has 2 rings (SSSR count). The molecule has 0 heterocycles. The van der Waals surface area contributed by atoms with E-state index in [0.717, 1.165) is 6.42 Å². The summed E-state index contributed by atoms with van der Waals surface area (Å²) in [6.45, 7) is 0. The van der Waals surface area contributed by atoms with Gasteiger partial charge in [0.1, 0.15) is 0 Å². The number of fused-ring (bicyclic) bond motifs is 1. The summed E-state index contributed by atoms with van der Waals surface area (Å²) in [4.78, 5) is 0. The minimum Gasteiger partial charge on any atom is -0.324 e. The lowest BCUT2D eigenvalue weighted by Gasteiger charge is -2.10. The first-order valence-electron chi connectivity index (χ1n) is 4.03. The van der Waals surface area contributed by atoms with E-state index in [0.29, 0.717) is 6.04 Å². The van der Waals surface area contributed by atoms with Gasteiger partial charge in [0.2, 0.25) is 0 Å². The molecule has 1 saturated carbocycles. The first-order chi connectivity index (χ1) is 4.88. The normalized spacial score (nSPS) is 31.1. The molecule has 0 aromatic rings. The zero-order valence-electron chi connectivity index (χ0n) is 6.14. The van der Waals surface area contributed by atoms with Crippen LogP contribution in [0.15, 0.2) is 23.3 Å². The summed E-state index contributed by atoms with van der Waals surface area (Å²) in [5, 5.41) is 0. The van der Waals surface area contributed by atoms with Gasteiger partial charge in [-0.2, -0.15) is 0 Å². The molecular formula is C9H13N. The maximum atomic E-state index is 5.88. The number of hydrogen-bond acceptors (Lipinski definition) is 1. The molecule has 54 valence electrons. The van der Waals surface area contributed by atoms with Crippen molar-refractivity contribution in [3.8, 4) is 0 Å². The Bertz CT molecular complexity index is 201. The Balaban J connectivity index is 2.31. The molecule has 0 spiro atoms. The van der Waals surface area contributed by atoms with Crippen LogP contribution in [0.3, 0.4) is 0 Å². The molecule has 1 unspecified atom stereocenters. The standard InChI is InChI=1S/C9H13N/c10-9-6-5-7-3-1-2-4-8(7)9/h3-4,9H,1-2,5-6,10H2. The van der Waals surface area contributed by atoms with Crippen molar-refractivity contribution in [1.29, 1.82) is 0 Å². The Morgan fingerprint density at radius 3 is 2.90 bits per heavy atom. The zero-order chi connectivity index (χ0) is 6.97. The van der Waals surface area contributed by atoms with Crippen molar-refractivity contribution in [1.82, 2.24) is 0 Å². The third-order valence-corrected chi connectivity index (χ3v) is 2.42. The molecule has 1 nitrogen and oxygen atoms in total. The lowest BCUT2D eigenvalue weighted by atomic mass is 9.99. The highest BCUT2D eigenvalue weighted by Gasteiger charge is 2.22. The van der Waals surface area contributed by atoms with E-state index in [4.69, 9.17) is 5.73 Å². The fourth-order valence-electron chi connectivity index (χ4n) is 1.85. The summed E-state index contributed by atoms with van der Waals surface area (Å²) in [6, 6.07) is 0.353. The van der Waals surface area contributed by atoms with Gasteiger partial charge < -0.3 is 5.73 Å². The number of nitrogens with two attached hydrogens (primary N) is 1. The van der Waals surface area contributed by atoms with E-state index in [1.807, 2.05) is 0 Å². The van der Waals surface area contributed by atoms with Crippen molar-refractivity contribution in [2.75, 3.05) is 0 Å². The van der Waals surface area contributed by atoms with Crippen LogP contribution in [0.1, 0.15) is 25.7 Å². The number of allylic oxidation sites excluding steroid dienone is 2. The highest BCUT2D eigenvalue weighted by atomic mass is 14.7. The third kappa shape index (κ3) is 0.816. The Morgan fingerprint density at radius 2 is 2.10 bits per heavy atom. The van der Waals surface area contributed by atoms with Crippen molar-refractivity contribution in [3.63, 3.8) is 0 Å². The maximum absolute atomic E-state index is 5.88. The second kappa shape index (κ2) is 2.24. The van der Waals surface area contributed by atoms with E-state index in [1.54, 1.807) is 0 Å². The predicted octanol–water partition coefficient (Wildman–Crippen LogP) is 1.75. The van der Waals surface area contributed by atoms with E-state index in [9.17, 15) is 0 Å². The van der Waals surface area contributed by atoms with E-state index >= 15 is 0 Å². The molecule has 2 N–H and O–H groups in total.